The van der Waals surface area contributed by atoms with Gasteiger partial charge >= 0.3 is 5.97 Å². The summed E-state index contributed by atoms with van der Waals surface area (Å²) in [4.78, 5) is 28.5. The molecule has 0 aromatic carbocycles. The predicted molar refractivity (Wildman–Crippen MR) is 71.8 cm³/mol. The number of carbonyl (C=O) groups is 2. The second-order valence-electron chi connectivity index (χ2n) is 4.62. The molecule has 1 N–H and O–H groups in total. The molecule has 0 radical (unpaired) electrons. The van der Waals surface area contributed by atoms with E-state index in [1.807, 2.05) is 6.07 Å². The van der Waals surface area contributed by atoms with Crippen LogP contribution in [0.15, 0.2) is 30.6 Å². The van der Waals surface area contributed by atoms with Crippen molar-refractivity contribution in [3.05, 3.63) is 36.2 Å². The van der Waals surface area contributed by atoms with Crippen LogP contribution in [0.2, 0.25) is 0 Å². The Morgan fingerprint density at radius 1 is 1.50 bits per heavy atom. The number of rotatable bonds is 4. The van der Waals surface area contributed by atoms with Gasteiger partial charge in [-0.1, -0.05) is 6.07 Å². The largest absolute Gasteiger partial charge is 0.481 e. The fourth-order valence-corrected chi connectivity index (χ4v) is 2.08. The van der Waals surface area contributed by atoms with Crippen LogP contribution in [0, 0.1) is 5.92 Å². The van der Waals surface area contributed by atoms with Gasteiger partial charge in [0.15, 0.2) is 0 Å². The second-order valence-corrected chi connectivity index (χ2v) is 4.62. The summed E-state index contributed by atoms with van der Waals surface area (Å²) in [7, 11) is 1.59. The number of nitrogens with zero attached hydrogens (tertiary/aromatic N) is 2. The number of carbonyl (C=O) groups excluding carboxylic acids is 1. The monoisotopic (exact) mass is 276 g/mol. The van der Waals surface area contributed by atoms with Crippen LogP contribution in [0.3, 0.4) is 0 Å². The molecular formula is C14H16N2O4. The van der Waals surface area contributed by atoms with Crippen molar-refractivity contribution in [2.75, 3.05) is 20.3 Å². The average Bonchev–Trinajstić information content (AvgIpc) is 2.94. The molecule has 0 bridgehead atoms. The first-order valence-electron chi connectivity index (χ1n) is 6.25. The molecule has 6 heteroatoms. The van der Waals surface area contributed by atoms with Gasteiger partial charge < -0.3 is 14.7 Å². The van der Waals surface area contributed by atoms with E-state index in [0.717, 1.165) is 5.56 Å². The smallest absolute Gasteiger partial charge is 0.311 e. The molecule has 0 saturated carbocycles. The van der Waals surface area contributed by atoms with Gasteiger partial charge in [-0.05, 0) is 17.7 Å². The molecule has 1 saturated heterocycles. The topological polar surface area (TPSA) is 79.7 Å². The van der Waals surface area contributed by atoms with E-state index in [-0.39, 0.29) is 19.1 Å². The molecule has 0 aliphatic carbocycles. The normalized spacial score (nSPS) is 22.1. The minimum atomic E-state index is -0.941. The molecule has 1 fully saturated rings. The molecule has 6 nitrogen and oxygen atoms in total. The summed E-state index contributed by atoms with van der Waals surface area (Å²) < 4.78 is 5.16. The van der Waals surface area contributed by atoms with Gasteiger partial charge in [0, 0.05) is 25.5 Å². The second kappa shape index (κ2) is 6.29. The first-order valence-corrected chi connectivity index (χ1v) is 6.25. The summed E-state index contributed by atoms with van der Waals surface area (Å²) in [6.07, 6.45) is 6.35. The Kier molecular flexibility index (Phi) is 4.47. The Labute approximate surface area is 116 Å². The molecule has 1 aliphatic rings. The van der Waals surface area contributed by atoms with Gasteiger partial charge in [0.25, 0.3) is 0 Å². The lowest BCUT2D eigenvalue weighted by molar-refractivity contribution is -0.143. The molecule has 2 rings (SSSR count). The Morgan fingerprint density at radius 2 is 2.30 bits per heavy atom. The van der Waals surface area contributed by atoms with E-state index in [2.05, 4.69) is 4.98 Å². The number of hydrogen-bond acceptors (Lipinski definition) is 4. The number of pyridine rings is 1. The van der Waals surface area contributed by atoms with Crippen molar-refractivity contribution < 1.29 is 19.4 Å². The van der Waals surface area contributed by atoms with Crippen LogP contribution in [0.1, 0.15) is 5.56 Å². The maximum atomic E-state index is 12.0. The van der Waals surface area contributed by atoms with E-state index in [0.29, 0.717) is 0 Å². The van der Waals surface area contributed by atoms with E-state index in [1.54, 1.807) is 31.6 Å². The first-order chi connectivity index (χ1) is 9.59. The van der Waals surface area contributed by atoms with Gasteiger partial charge in [0.2, 0.25) is 5.91 Å². The number of aromatic nitrogens is 1. The van der Waals surface area contributed by atoms with Crippen molar-refractivity contribution in [1.82, 2.24) is 9.88 Å². The minimum Gasteiger partial charge on any atom is -0.481 e. The molecule has 1 aromatic heterocycles. The standard InChI is InChI=1S/C14H16N2O4/c1-16(12-9-20-8-11(12)14(18)19)13(17)5-4-10-3-2-6-15-7-10/h2-7,11-12H,8-9H2,1H3,(H,18,19). The third-order valence-electron chi connectivity index (χ3n) is 3.32. The maximum absolute atomic E-state index is 12.0. The molecule has 2 unspecified atom stereocenters. The van der Waals surface area contributed by atoms with Gasteiger partial charge in [-0.3, -0.25) is 14.6 Å². The Hall–Kier alpha value is -2.21. The average molecular weight is 276 g/mol. The van der Waals surface area contributed by atoms with Crippen LogP contribution < -0.4 is 0 Å². The van der Waals surface area contributed by atoms with Crippen LogP contribution in [-0.2, 0) is 14.3 Å². The van der Waals surface area contributed by atoms with Crippen molar-refractivity contribution in [3.63, 3.8) is 0 Å². The molecule has 0 spiro atoms. The predicted octanol–water partition coefficient (Wildman–Crippen LogP) is 0.653. The zero-order valence-corrected chi connectivity index (χ0v) is 11.1. The molecule has 1 aliphatic heterocycles. The summed E-state index contributed by atoms with van der Waals surface area (Å²) in [6, 6.07) is 3.17. The number of likely N-dealkylation sites (N-methyl/N-ethyl adjacent to an activating group) is 1. The summed E-state index contributed by atoms with van der Waals surface area (Å²) in [5.41, 5.74) is 0.812. The summed E-state index contributed by atoms with van der Waals surface area (Å²) in [6.45, 7) is 0.393. The van der Waals surface area contributed by atoms with E-state index >= 15 is 0 Å². The molecule has 20 heavy (non-hydrogen) atoms. The Bertz CT molecular complexity index is 515. The molecule has 1 aromatic rings. The lowest BCUT2D eigenvalue weighted by Gasteiger charge is -2.25. The van der Waals surface area contributed by atoms with Crippen LogP contribution in [0.5, 0.6) is 0 Å². The van der Waals surface area contributed by atoms with Crippen molar-refractivity contribution in [3.8, 4) is 0 Å². The molecular weight excluding hydrogens is 260 g/mol. The number of ether oxygens (including phenoxy) is 1. The number of carboxylic acid groups (broad SMARTS) is 1. The molecule has 2 heterocycles. The zero-order chi connectivity index (χ0) is 14.5. The highest BCUT2D eigenvalue weighted by Crippen LogP contribution is 2.19. The molecule has 1 amide bonds. The fraction of sp³-hybridized carbons (Fsp3) is 0.357. The van der Waals surface area contributed by atoms with Gasteiger partial charge in [-0.25, -0.2) is 0 Å². The van der Waals surface area contributed by atoms with Crippen LogP contribution >= 0.6 is 0 Å². The summed E-state index contributed by atoms with van der Waals surface area (Å²) >= 11 is 0. The van der Waals surface area contributed by atoms with Crippen molar-refractivity contribution >= 4 is 18.0 Å². The van der Waals surface area contributed by atoms with E-state index < -0.39 is 17.9 Å². The summed E-state index contributed by atoms with van der Waals surface area (Å²) in [5, 5.41) is 9.08. The number of carboxylic acids is 1. The lowest BCUT2D eigenvalue weighted by Crippen LogP contribution is -2.43. The van der Waals surface area contributed by atoms with Crippen molar-refractivity contribution in [2.45, 2.75) is 6.04 Å². The van der Waals surface area contributed by atoms with Gasteiger partial charge in [-0.15, -0.1) is 0 Å². The third-order valence-corrected chi connectivity index (χ3v) is 3.32. The Morgan fingerprint density at radius 3 is 2.95 bits per heavy atom. The highest BCUT2D eigenvalue weighted by atomic mass is 16.5. The van der Waals surface area contributed by atoms with Crippen molar-refractivity contribution in [2.24, 2.45) is 5.92 Å². The fourth-order valence-electron chi connectivity index (χ4n) is 2.08. The van der Waals surface area contributed by atoms with E-state index in [1.165, 1.54) is 11.0 Å². The summed E-state index contributed by atoms with van der Waals surface area (Å²) in [5.74, 6) is -1.87. The quantitative estimate of drug-likeness (QED) is 0.817. The number of hydrogen-bond donors (Lipinski definition) is 1. The van der Waals surface area contributed by atoms with Gasteiger partial charge in [0.1, 0.15) is 5.92 Å². The Balaban J connectivity index is 2.02. The van der Waals surface area contributed by atoms with E-state index in [4.69, 9.17) is 9.84 Å². The highest BCUT2D eigenvalue weighted by molar-refractivity contribution is 5.92. The first kappa shape index (κ1) is 14.2. The lowest BCUT2D eigenvalue weighted by atomic mass is 10.0. The van der Waals surface area contributed by atoms with Crippen molar-refractivity contribution in [1.29, 1.82) is 0 Å². The molecule has 106 valence electrons. The maximum Gasteiger partial charge on any atom is 0.311 e. The van der Waals surface area contributed by atoms with E-state index in [9.17, 15) is 9.59 Å². The third kappa shape index (κ3) is 3.21. The zero-order valence-electron chi connectivity index (χ0n) is 11.1. The number of aliphatic carboxylic acids is 1. The number of amides is 1. The molecule has 2 atom stereocenters. The van der Waals surface area contributed by atoms with Gasteiger partial charge in [0.05, 0.1) is 19.3 Å². The van der Waals surface area contributed by atoms with Gasteiger partial charge in [-0.2, -0.15) is 0 Å². The SMILES string of the molecule is CN(C(=O)C=Cc1cccnc1)C1COCC1C(=O)O. The minimum absolute atomic E-state index is 0.143. The van der Waals surface area contributed by atoms with Crippen LogP contribution in [0.4, 0.5) is 0 Å². The van der Waals surface area contributed by atoms with Crippen LogP contribution in [0.25, 0.3) is 6.08 Å². The highest BCUT2D eigenvalue weighted by Gasteiger charge is 2.37. The van der Waals surface area contributed by atoms with Crippen LogP contribution in [-0.4, -0.2) is 53.2 Å².